The maximum Gasteiger partial charge on any atom is 0.139 e. The van der Waals surface area contributed by atoms with Crippen molar-refractivity contribution < 1.29 is 9.13 Å². The number of halogens is 3. The third-order valence-corrected chi connectivity index (χ3v) is 3.37. The minimum atomic E-state index is -0.481. The first-order valence-corrected chi connectivity index (χ1v) is 6.80. The van der Waals surface area contributed by atoms with Gasteiger partial charge < -0.3 is 10.5 Å². The molecule has 0 bridgehead atoms. The van der Waals surface area contributed by atoms with Gasteiger partial charge in [0.05, 0.1) is 5.02 Å². The van der Waals surface area contributed by atoms with Crippen molar-refractivity contribution >= 4 is 40.4 Å². The average molecular weight is 330 g/mol. The van der Waals surface area contributed by atoms with E-state index >= 15 is 0 Å². The molecular formula is C14H10Cl2FNOS. The lowest BCUT2D eigenvalue weighted by atomic mass is 10.1. The highest BCUT2D eigenvalue weighted by Gasteiger charge is 2.11. The second-order valence-corrected chi connectivity index (χ2v) is 5.29. The third-order valence-electron chi connectivity index (χ3n) is 2.62. The van der Waals surface area contributed by atoms with Gasteiger partial charge >= 0.3 is 0 Å². The number of rotatable bonds is 4. The van der Waals surface area contributed by atoms with E-state index in [1.165, 1.54) is 6.07 Å². The van der Waals surface area contributed by atoms with E-state index < -0.39 is 5.82 Å². The van der Waals surface area contributed by atoms with Crippen molar-refractivity contribution in [2.24, 2.45) is 5.73 Å². The van der Waals surface area contributed by atoms with E-state index in [2.05, 4.69) is 0 Å². The van der Waals surface area contributed by atoms with Gasteiger partial charge in [-0.15, -0.1) is 0 Å². The predicted molar refractivity (Wildman–Crippen MR) is 83.1 cm³/mol. The fraction of sp³-hybridized carbons (Fsp3) is 0.0714. The Morgan fingerprint density at radius 1 is 1.25 bits per heavy atom. The second kappa shape index (κ2) is 6.39. The van der Waals surface area contributed by atoms with Crippen LogP contribution in [0.1, 0.15) is 11.1 Å². The number of thiocarbonyl (C=S) groups is 1. The lowest BCUT2D eigenvalue weighted by Gasteiger charge is -2.10. The van der Waals surface area contributed by atoms with Gasteiger partial charge in [0, 0.05) is 16.1 Å². The molecule has 0 aliphatic heterocycles. The number of nitrogens with two attached hydrogens (primary N) is 1. The number of hydrogen-bond acceptors (Lipinski definition) is 2. The van der Waals surface area contributed by atoms with Gasteiger partial charge in [-0.05, 0) is 24.3 Å². The molecule has 2 aromatic carbocycles. The summed E-state index contributed by atoms with van der Waals surface area (Å²) >= 11 is 16.5. The van der Waals surface area contributed by atoms with Crippen molar-refractivity contribution in [3.63, 3.8) is 0 Å². The monoisotopic (exact) mass is 329 g/mol. The number of ether oxygens (including phenoxy) is 1. The number of hydrogen-bond donors (Lipinski definition) is 1. The topological polar surface area (TPSA) is 35.2 Å². The van der Waals surface area contributed by atoms with Crippen LogP contribution in [0.2, 0.25) is 10.0 Å². The molecule has 0 radical (unpaired) electrons. The summed E-state index contributed by atoms with van der Waals surface area (Å²) in [7, 11) is 0. The van der Waals surface area contributed by atoms with Crippen molar-refractivity contribution in [3.8, 4) is 5.75 Å². The van der Waals surface area contributed by atoms with E-state index in [-0.39, 0.29) is 17.2 Å². The summed E-state index contributed by atoms with van der Waals surface area (Å²) in [5.41, 5.74) is 5.99. The van der Waals surface area contributed by atoms with Gasteiger partial charge in [-0.1, -0.05) is 47.6 Å². The normalized spacial score (nSPS) is 10.3. The quantitative estimate of drug-likeness (QED) is 0.847. The molecule has 2 rings (SSSR count). The van der Waals surface area contributed by atoms with Gasteiger partial charge in [0.25, 0.3) is 0 Å². The molecule has 0 heterocycles. The van der Waals surface area contributed by atoms with Crippen molar-refractivity contribution in [1.82, 2.24) is 0 Å². The molecule has 20 heavy (non-hydrogen) atoms. The van der Waals surface area contributed by atoms with E-state index in [1.54, 1.807) is 30.3 Å². The van der Waals surface area contributed by atoms with Crippen molar-refractivity contribution in [1.29, 1.82) is 0 Å². The molecule has 6 heteroatoms. The second-order valence-electron chi connectivity index (χ2n) is 4.01. The summed E-state index contributed by atoms with van der Waals surface area (Å²) in [4.78, 5) is 0.00822. The summed E-state index contributed by atoms with van der Waals surface area (Å²) in [5, 5.41) is 0.868. The van der Waals surface area contributed by atoms with Crippen molar-refractivity contribution in [2.45, 2.75) is 6.61 Å². The summed E-state index contributed by atoms with van der Waals surface area (Å²) < 4.78 is 19.6. The highest BCUT2D eigenvalue weighted by Crippen LogP contribution is 2.28. The molecule has 104 valence electrons. The van der Waals surface area contributed by atoms with Gasteiger partial charge in [-0.2, -0.15) is 0 Å². The molecule has 0 unspecified atom stereocenters. The highest BCUT2D eigenvalue weighted by atomic mass is 35.5. The Balaban J connectivity index is 2.19. The smallest absolute Gasteiger partial charge is 0.139 e. The Hall–Kier alpha value is -1.36. The van der Waals surface area contributed by atoms with Gasteiger partial charge in [0.1, 0.15) is 23.2 Å². The van der Waals surface area contributed by atoms with Crippen LogP contribution in [0.4, 0.5) is 4.39 Å². The molecule has 2 N–H and O–H groups in total. The molecule has 0 aliphatic rings. The van der Waals surface area contributed by atoms with Crippen LogP contribution < -0.4 is 10.5 Å². The Labute approximate surface area is 131 Å². The molecule has 0 atom stereocenters. The molecule has 0 saturated heterocycles. The van der Waals surface area contributed by atoms with Gasteiger partial charge in [0.15, 0.2) is 0 Å². The van der Waals surface area contributed by atoms with Crippen LogP contribution >= 0.6 is 35.4 Å². The molecule has 2 nitrogen and oxygen atoms in total. The molecule has 0 fully saturated rings. The predicted octanol–water partition coefficient (Wildman–Crippen LogP) is 4.35. The molecule has 0 saturated carbocycles. The van der Waals surface area contributed by atoms with E-state index in [1.807, 2.05) is 0 Å². The first-order valence-electron chi connectivity index (χ1n) is 5.64. The summed E-state index contributed by atoms with van der Waals surface area (Å²) in [5.74, 6) is -0.0544. The summed E-state index contributed by atoms with van der Waals surface area (Å²) in [6.45, 7) is 0.0175. The van der Waals surface area contributed by atoms with Crippen LogP contribution in [0.25, 0.3) is 0 Å². The van der Waals surface area contributed by atoms with E-state index in [4.69, 9.17) is 45.9 Å². The fourth-order valence-corrected chi connectivity index (χ4v) is 2.25. The lowest BCUT2D eigenvalue weighted by Crippen LogP contribution is -2.13. The van der Waals surface area contributed by atoms with Crippen LogP contribution in [0.3, 0.4) is 0 Å². The Kier molecular flexibility index (Phi) is 4.81. The summed E-state index contributed by atoms with van der Waals surface area (Å²) in [6, 6.07) is 9.61. The van der Waals surface area contributed by atoms with E-state index in [9.17, 15) is 4.39 Å². The zero-order valence-electron chi connectivity index (χ0n) is 10.2. The van der Waals surface area contributed by atoms with Crippen LogP contribution in [-0.2, 0) is 6.61 Å². The minimum absolute atomic E-state index is 0.00822. The fourth-order valence-electron chi connectivity index (χ4n) is 1.63. The van der Waals surface area contributed by atoms with Gasteiger partial charge in [-0.25, -0.2) is 4.39 Å². The molecule has 0 aliphatic carbocycles. The van der Waals surface area contributed by atoms with Crippen molar-refractivity contribution in [2.75, 3.05) is 0 Å². The first-order chi connectivity index (χ1) is 9.49. The SMILES string of the molecule is NC(=S)c1cccc(COc2ccc(Cl)cc2Cl)c1F. The zero-order chi connectivity index (χ0) is 14.7. The van der Waals surface area contributed by atoms with Crippen LogP contribution in [0.15, 0.2) is 36.4 Å². The molecule has 0 spiro atoms. The first kappa shape index (κ1) is 15.0. The molecule has 0 amide bonds. The van der Waals surface area contributed by atoms with E-state index in [0.29, 0.717) is 21.4 Å². The zero-order valence-corrected chi connectivity index (χ0v) is 12.5. The minimum Gasteiger partial charge on any atom is -0.487 e. The lowest BCUT2D eigenvalue weighted by molar-refractivity contribution is 0.300. The van der Waals surface area contributed by atoms with E-state index in [0.717, 1.165) is 0 Å². The molecule has 0 aromatic heterocycles. The Morgan fingerprint density at radius 2 is 2.00 bits per heavy atom. The van der Waals surface area contributed by atoms with Crippen LogP contribution in [-0.4, -0.2) is 4.99 Å². The Bertz CT molecular complexity index is 664. The maximum absolute atomic E-state index is 14.1. The maximum atomic E-state index is 14.1. The standard InChI is InChI=1S/C14H10Cl2FNOS/c15-9-4-5-12(11(16)6-9)19-7-8-2-1-3-10(13(8)17)14(18)20/h1-6H,7H2,(H2,18,20). The van der Waals surface area contributed by atoms with Gasteiger partial charge in [0.2, 0.25) is 0 Å². The van der Waals surface area contributed by atoms with Crippen molar-refractivity contribution in [3.05, 3.63) is 63.4 Å². The average Bonchev–Trinajstić information content (AvgIpc) is 2.39. The third kappa shape index (κ3) is 3.39. The van der Waals surface area contributed by atoms with Crippen LogP contribution in [0, 0.1) is 5.82 Å². The summed E-state index contributed by atoms with van der Waals surface area (Å²) in [6.07, 6.45) is 0. The van der Waals surface area contributed by atoms with Crippen LogP contribution in [0.5, 0.6) is 5.75 Å². The highest BCUT2D eigenvalue weighted by molar-refractivity contribution is 7.80. The van der Waals surface area contributed by atoms with Gasteiger partial charge in [-0.3, -0.25) is 0 Å². The number of benzene rings is 2. The largest absolute Gasteiger partial charge is 0.487 e. The molecule has 2 aromatic rings. The molecular weight excluding hydrogens is 320 g/mol. The Morgan fingerprint density at radius 3 is 2.65 bits per heavy atom.